The lowest BCUT2D eigenvalue weighted by atomic mass is 10.0. The molecule has 0 aliphatic heterocycles. The fourth-order valence-corrected chi connectivity index (χ4v) is 1.82. The second-order valence-electron chi connectivity index (χ2n) is 3.90. The maximum atomic E-state index is 10.4. The summed E-state index contributed by atoms with van der Waals surface area (Å²) in [6, 6.07) is 3.59. The van der Waals surface area contributed by atoms with Crippen LogP contribution in [-0.4, -0.2) is 16.2 Å². The Kier molecular flexibility index (Phi) is 4.19. The highest BCUT2D eigenvalue weighted by molar-refractivity contribution is 6.20. The number of carboxylic acids is 1. The number of rotatable bonds is 4. The molecule has 0 amide bonds. The Labute approximate surface area is 99.7 Å². The summed E-state index contributed by atoms with van der Waals surface area (Å²) in [5.41, 5.74) is 2.38. The molecule has 0 aliphatic rings. The number of alkyl halides is 1. The van der Waals surface area contributed by atoms with E-state index in [4.69, 9.17) is 16.7 Å². The van der Waals surface area contributed by atoms with Crippen LogP contribution in [0, 0.1) is 13.8 Å². The van der Waals surface area contributed by atoms with E-state index < -0.39 is 5.97 Å². The van der Waals surface area contributed by atoms with Gasteiger partial charge in [0.1, 0.15) is 5.75 Å². The van der Waals surface area contributed by atoms with Crippen LogP contribution in [-0.2, 0) is 4.79 Å². The molecule has 1 unspecified atom stereocenters. The van der Waals surface area contributed by atoms with Gasteiger partial charge < -0.3 is 10.2 Å². The van der Waals surface area contributed by atoms with Crippen LogP contribution in [0.2, 0.25) is 0 Å². The smallest absolute Gasteiger partial charge is 0.303 e. The van der Waals surface area contributed by atoms with Crippen LogP contribution in [0.25, 0.3) is 0 Å². The Hall–Kier alpha value is -1.22. The summed E-state index contributed by atoms with van der Waals surface area (Å²) >= 11 is 6.10. The topological polar surface area (TPSA) is 57.5 Å². The molecule has 1 atom stereocenters. The van der Waals surface area contributed by atoms with Gasteiger partial charge in [0, 0.05) is 6.42 Å². The summed E-state index contributed by atoms with van der Waals surface area (Å²) in [5.74, 6) is -0.580. The van der Waals surface area contributed by atoms with Gasteiger partial charge in [0.2, 0.25) is 0 Å². The van der Waals surface area contributed by atoms with E-state index in [2.05, 4.69) is 0 Å². The van der Waals surface area contributed by atoms with E-state index in [1.165, 1.54) is 0 Å². The van der Waals surface area contributed by atoms with E-state index in [0.29, 0.717) is 6.42 Å². The fraction of sp³-hybridized carbons (Fsp3) is 0.417. The molecule has 4 heteroatoms. The van der Waals surface area contributed by atoms with E-state index in [1.54, 1.807) is 26.0 Å². The maximum absolute atomic E-state index is 10.4. The van der Waals surface area contributed by atoms with Crippen molar-refractivity contribution in [1.82, 2.24) is 0 Å². The van der Waals surface area contributed by atoms with Crippen LogP contribution in [0.15, 0.2) is 12.1 Å². The number of phenols is 1. The molecule has 0 fully saturated rings. The minimum absolute atomic E-state index is 0.0487. The van der Waals surface area contributed by atoms with Gasteiger partial charge in [-0.05, 0) is 37.0 Å². The van der Waals surface area contributed by atoms with Crippen molar-refractivity contribution < 1.29 is 15.0 Å². The number of halogens is 1. The number of phenolic OH excluding ortho intramolecular Hbond substituents is 1. The van der Waals surface area contributed by atoms with Gasteiger partial charge in [-0.1, -0.05) is 12.1 Å². The highest BCUT2D eigenvalue weighted by Gasteiger charge is 2.12. The molecule has 0 radical (unpaired) electrons. The summed E-state index contributed by atoms with van der Waals surface area (Å²) in [5, 5.41) is 17.8. The Morgan fingerprint density at radius 1 is 1.38 bits per heavy atom. The molecule has 88 valence electrons. The Balaban J connectivity index is 2.84. The van der Waals surface area contributed by atoms with Crippen LogP contribution in [0.3, 0.4) is 0 Å². The van der Waals surface area contributed by atoms with Crippen molar-refractivity contribution >= 4 is 17.6 Å². The zero-order valence-electron chi connectivity index (χ0n) is 9.33. The second-order valence-corrected chi connectivity index (χ2v) is 4.43. The molecule has 1 aromatic rings. The van der Waals surface area contributed by atoms with Gasteiger partial charge in [-0.25, -0.2) is 0 Å². The third-order valence-electron chi connectivity index (χ3n) is 2.49. The average Bonchev–Trinajstić information content (AvgIpc) is 2.21. The average molecular weight is 243 g/mol. The van der Waals surface area contributed by atoms with Crippen molar-refractivity contribution in [1.29, 1.82) is 0 Å². The summed E-state index contributed by atoms with van der Waals surface area (Å²) in [4.78, 5) is 10.4. The number of hydrogen-bond acceptors (Lipinski definition) is 2. The lowest BCUT2D eigenvalue weighted by molar-refractivity contribution is -0.137. The van der Waals surface area contributed by atoms with E-state index in [9.17, 15) is 9.90 Å². The molecular weight excluding hydrogens is 228 g/mol. The third-order valence-corrected chi connectivity index (χ3v) is 2.96. The molecular formula is C12H15ClO3. The second kappa shape index (κ2) is 5.21. The van der Waals surface area contributed by atoms with Gasteiger partial charge in [-0.15, -0.1) is 11.6 Å². The summed E-state index contributed by atoms with van der Waals surface area (Å²) < 4.78 is 0. The van der Waals surface area contributed by atoms with Crippen molar-refractivity contribution in [2.24, 2.45) is 0 Å². The van der Waals surface area contributed by atoms with Crippen LogP contribution >= 0.6 is 11.6 Å². The molecule has 0 aromatic heterocycles. The molecule has 16 heavy (non-hydrogen) atoms. The molecule has 0 spiro atoms. The molecule has 0 heterocycles. The number of aromatic hydroxyl groups is 1. The number of aliphatic carboxylic acids is 1. The SMILES string of the molecule is Cc1cc(C(Cl)CCC(=O)O)cc(C)c1O. The van der Waals surface area contributed by atoms with E-state index in [1.807, 2.05) is 0 Å². The number of aryl methyl sites for hydroxylation is 2. The Morgan fingerprint density at radius 3 is 2.31 bits per heavy atom. The number of carboxylic acid groups (broad SMARTS) is 1. The first-order valence-electron chi connectivity index (χ1n) is 5.07. The van der Waals surface area contributed by atoms with Gasteiger partial charge in [0.15, 0.2) is 0 Å². The minimum Gasteiger partial charge on any atom is -0.507 e. The first-order valence-corrected chi connectivity index (χ1v) is 5.51. The van der Waals surface area contributed by atoms with Gasteiger partial charge in [-0.3, -0.25) is 4.79 Å². The van der Waals surface area contributed by atoms with Crippen molar-refractivity contribution in [3.05, 3.63) is 28.8 Å². The molecule has 1 aromatic carbocycles. The Bertz CT molecular complexity index is 378. The van der Waals surface area contributed by atoms with Crippen LogP contribution in [0.1, 0.15) is 34.9 Å². The summed E-state index contributed by atoms with van der Waals surface area (Å²) in [6.45, 7) is 3.60. The van der Waals surface area contributed by atoms with Crippen LogP contribution < -0.4 is 0 Å². The number of carbonyl (C=O) groups is 1. The van der Waals surface area contributed by atoms with E-state index >= 15 is 0 Å². The highest BCUT2D eigenvalue weighted by atomic mass is 35.5. The minimum atomic E-state index is -0.849. The van der Waals surface area contributed by atoms with E-state index in [0.717, 1.165) is 16.7 Å². The third kappa shape index (κ3) is 3.14. The van der Waals surface area contributed by atoms with Gasteiger partial charge in [0.25, 0.3) is 0 Å². The lowest BCUT2D eigenvalue weighted by Gasteiger charge is -2.12. The fourth-order valence-electron chi connectivity index (χ4n) is 1.59. The molecule has 0 saturated carbocycles. The van der Waals surface area contributed by atoms with Gasteiger partial charge in [0.05, 0.1) is 5.38 Å². The number of benzene rings is 1. The highest BCUT2D eigenvalue weighted by Crippen LogP contribution is 2.31. The van der Waals surface area contributed by atoms with Gasteiger partial charge >= 0.3 is 5.97 Å². The first-order chi connectivity index (χ1) is 7.41. The normalized spacial score (nSPS) is 12.4. The van der Waals surface area contributed by atoms with Crippen LogP contribution in [0.4, 0.5) is 0 Å². The zero-order valence-corrected chi connectivity index (χ0v) is 10.1. The predicted molar refractivity (Wildman–Crippen MR) is 63.0 cm³/mol. The predicted octanol–water partition coefficient (Wildman–Crippen LogP) is 3.15. The first kappa shape index (κ1) is 12.8. The summed E-state index contributed by atoms with van der Waals surface area (Å²) in [7, 11) is 0. The van der Waals surface area contributed by atoms with Crippen molar-refractivity contribution in [3.63, 3.8) is 0 Å². The largest absolute Gasteiger partial charge is 0.507 e. The quantitative estimate of drug-likeness (QED) is 0.798. The molecule has 0 aliphatic carbocycles. The number of hydrogen-bond donors (Lipinski definition) is 2. The Morgan fingerprint density at radius 2 is 1.88 bits per heavy atom. The van der Waals surface area contributed by atoms with Crippen molar-refractivity contribution in [2.75, 3.05) is 0 Å². The van der Waals surface area contributed by atoms with Crippen molar-refractivity contribution in [3.8, 4) is 5.75 Å². The maximum Gasteiger partial charge on any atom is 0.303 e. The zero-order chi connectivity index (χ0) is 12.3. The lowest BCUT2D eigenvalue weighted by Crippen LogP contribution is -1.99. The van der Waals surface area contributed by atoms with Crippen LogP contribution in [0.5, 0.6) is 5.75 Å². The summed E-state index contributed by atoms with van der Waals surface area (Å²) in [6.07, 6.45) is 0.438. The van der Waals surface area contributed by atoms with Gasteiger partial charge in [-0.2, -0.15) is 0 Å². The standard InChI is InChI=1S/C12H15ClO3/c1-7-5-9(6-8(2)12(7)16)10(13)3-4-11(14)15/h5-6,10,16H,3-4H2,1-2H3,(H,14,15). The van der Waals surface area contributed by atoms with Crippen molar-refractivity contribution in [2.45, 2.75) is 32.1 Å². The van der Waals surface area contributed by atoms with E-state index in [-0.39, 0.29) is 17.5 Å². The molecule has 1 rings (SSSR count). The molecule has 0 saturated heterocycles. The molecule has 3 nitrogen and oxygen atoms in total. The monoisotopic (exact) mass is 242 g/mol. The molecule has 2 N–H and O–H groups in total. The molecule has 0 bridgehead atoms.